The van der Waals surface area contributed by atoms with Crippen LogP contribution in [0.2, 0.25) is 0 Å². The molecular weight excluding hydrogens is 558 g/mol. The molecule has 5 nitrogen and oxygen atoms in total. The van der Waals surface area contributed by atoms with Crippen LogP contribution in [0, 0.1) is 9.39 Å². The van der Waals surface area contributed by atoms with E-state index in [2.05, 4.69) is 33.1 Å². The Bertz CT molecular complexity index is 1270. The lowest BCUT2D eigenvalue weighted by atomic mass is 9.85. The Labute approximate surface area is 216 Å². The molecule has 7 heteroatoms. The van der Waals surface area contributed by atoms with Crippen molar-refractivity contribution in [3.8, 4) is 5.75 Å². The number of amides is 1. The number of nitrogens with one attached hydrogen (secondary N) is 1. The quantitative estimate of drug-likeness (QED) is 0.167. The second-order valence-electron chi connectivity index (χ2n) is 7.75. The van der Waals surface area contributed by atoms with E-state index >= 15 is 0 Å². The van der Waals surface area contributed by atoms with Gasteiger partial charge in [0.25, 0.3) is 5.91 Å². The van der Waals surface area contributed by atoms with Crippen molar-refractivity contribution in [2.24, 2.45) is 5.10 Å². The topological polar surface area (TPSA) is 70.9 Å². The number of halogens is 2. The fourth-order valence-corrected chi connectivity index (χ4v) is 4.19. The lowest BCUT2D eigenvalue weighted by Crippen LogP contribution is -2.43. The number of carbonyl (C=O) groups is 1. The summed E-state index contributed by atoms with van der Waals surface area (Å²) in [5, 5.41) is 15.5. The van der Waals surface area contributed by atoms with Gasteiger partial charge in [-0.1, -0.05) is 72.8 Å². The van der Waals surface area contributed by atoms with E-state index in [0.29, 0.717) is 23.5 Å². The molecule has 0 radical (unpaired) electrons. The van der Waals surface area contributed by atoms with Crippen LogP contribution in [0.4, 0.5) is 4.39 Å². The summed E-state index contributed by atoms with van der Waals surface area (Å²) in [5.74, 6) is -0.274. The molecule has 176 valence electrons. The molecule has 0 fully saturated rings. The van der Waals surface area contributed by atoms with Crippen molar-refractivity contribution >= 4 is 34.7 Å². The van der Waals surface area contributed by atoms with E-state index in [1.165, 1.54) is 18.3 Å². The van der Waals surface area contributed by atoms with Crippen LogP contribution < -0.4 is 10.2 Å². The number of nitrogens with zero attached hydrogens (tertiary/aromatic N) is 1. The van der Waals surface area contributed by atoms with Crippen molar-refractivity contribution in [2.45, 2.75) is 12.2 Å². The van der Waals surface area contributed by atoms with E-state index in [1.807, 2.05) is 18.2 Å². The second kappa shape index (κ2) is 11.2. The molecule has 0 aliphatic rings. The van der Waals surface area contributed by atoms with Crippen LogP contribution in [0.5, 0.6) is 5.75 Å². The molecule has 0 unspecified atom stereocenters. The largest absolute Gasteiger partial charge is 0.488 e. The molecule has 0 aromatic heterocycles. The molecule has 4 rings (SSSR count). The van der Waals surface area contributed by atoms with Gasteiger partial charge in [0, 0.05) is 0 Å². The van der Waals surface area contributed by atoms with Crippen molar-refractivity contribution in [3.05, 3.63) is 135 Å². The minimum Gasteiger partial charge on any atom is -0.488 e. The van der Waals surface area contributed by atoms with E-state index in [4.69, 9.17) is 4.74 Å². The zero-order valence-corrected chi connectivity index (χ0v) is 20.7. The van der Waals surface area contributed by atoms with Gasteiger partial charge in [-0.15, -0.1) is 0 Å². The molecule has 0 saturated heterocycles. The van der Waals surface area contributed by atoms with E-state index < -0.39 is 11.5 Å². The van der Waals surface area contributed by atoms with Crippen molar-refractivity contribution in [3.63, 3.8) is 0 Å². The van der Waals surface area contributed by atoms with E-state index in [0.717, 1.165) is 14.7 Å². The Morgan fingerprint density at radius 2 is 1.54 bits per heavy atom. The number of ether oxygens (including phenoxy) is 1. The first-order valence-corrected chi connectivity index (χ1v) is 11.9. The van der Waals surface area contributed by atoms with Gasteiger partial charge in [0.2, 0.25) is 0 Å². The zero-order valence-electron chi connectivity index (χ0n) is 18.6. The monoisotopic (exact) mass is 580 g/mol. The van der Waals surface area contributed by atoms with Crippen LogP contribution in [0.1, 0.15) is 22.3 Å². The minimum absolute atomic E-state index is 0.287. The summed E-state index contributed by atoms with van der Waals surface area (Å²) in [6, 6.07) is 29.1. The normalized spacial score (nSPS) is 11.4. The summed E-state index contributed by atoms with van der Waals surface area (Å²) >= 11 is 2.15. The maximum absolute atomic E-state index is 13.1. The highest BCUT2D eigenvalue weighted by Crippen LogP contribution is 2.30. The first kappa shape index (κ1) is 24.6. The average molecular weight is 580 g/mol. The fraction of sp³-hybridized carbons (Fsp3) is 0.0714. The summed E-state index contributed by atoms with van der Waals surface area (Å²) in [6.45, 7) is 0.317. The van der Waals surface area contributed by atoms with Crippen LogP contribution in [-0.2, 0) is 17.0 Å². The van der Waals surface area contributed by atoms with E-state index in [9.17, 15) is 14.3 Å². The number of hydrogen-bond acceptors (Lipinski definition) is 4. The lowest BCUT2D eigenvalue weighted by molar-refractivity contribution is -0.136. The van der Waals surface area contributed by atoms with Crippen molar-refractivity contribution < 1.29 is 19.0 Å². The Hall–Kier alpha value is -3.56. The molecule has 0 atom stereocenters. The van der Waals surface area contributed by atoms with Gasteiger partial charge < -0.3 is 9.84 Å². The third-order valence-electron chi connectivity index (χ3n) is 5.35. The summed E-state index contributed by atoms with van der Waals surface area (Å²) in [6.07, 6.45) is 1.50. The van der Waals surface area contributed by atoms with Gasteiger partial charge >= 0.3 is 0 Å². The van der Waals surface area contributed by atoms with Gasteiger partial charge in [-0.25, -0.2) is 9.82 Å². The van der Waals surface area contributed by atoms with Crippen LogP contribution in [0.15, 0.2) is 108 Å². The number of carbonyl (C=O) groups excluding carboxylic acids is 1. The van der Waals surface area contributed by atoms with Crippen LogP contribution in [0.3, 0.4) is 0 Å². The van der Waals surface area contributed by atoms with Crippen LogP contribution >= 0.6 is 22.6 Å². The molecule has 35 heavy (non-hydrogen) atoms. The molecular formula is C28H22FIN2O3. The molecule has 2 N–H and O–H groups in total. The van der Waals surface area contributed by atoms with E-state index in [1.54, 1.807) is 72.8 Å². The Balaban J connectivity index is 1.45. The molecule has 4 aromatic carbocycles. The highest BCUT2D eigenvalue weighted by atomic mass is 127. The van der Waals surface area contributed by atoms with Gasteiger partial charge in [0.1, 0.15) is 18.2 Å². The van der Waals surface area contributed by atoms with Gasteiger partial charge in [-0.2, -0.15) is 5.10 Å². The first-order chi connectivity index (χ1) is 17.0. The van der Waals surface area contributed by atoms with Gasteiger partial charge in [0.15, 0.2) is 5.60 Å². The van der Waals surface area contributed by atoms with Gasteiger partial charge in [-0.05, 0) is 75.2 Å². The number of aliphatic hydroxyl groups is 1. The highest BCUT2D eigenvalue weighted by molar-refractivity contribution is 14.1. The maximum Gasteiger partial charge on any atom is 0.281 e. The molecule has 0 spiro atoms. The molecule has 4 aromatic rings. The van der Waals surface area contributed by atoms with Crippen LogP contribution in [0.25, 0.3) is 0 Å². The number of hydrazone groups is 1. The third-order valence-corrected chi connectivity index (χ3v) is 6.20. The fourth-order valence-electron chi connectivity index (χ4n) is 3.49. The second-order valence-corrected chi connectivity index (χ2v) is 8.91. The maximum atomic E-state index is 13.1. The molecule has 0 aliphatic heterocycles. The number of hydrogen-bond donors (Lipinski definition) is 2. The summed E-state index contributed by atoms with van der Waals surface area (Å²) in [4.78, 5) is 13.1. The molecule has 0 heterocycles. The Kier molecular flexibility index (Phi) is 7.89. The molecule has 1 amide bonds. The third kappa shape index (κ3) is 5.93. The molecule has 0 saturated carbocycles. The van der Waals surface area contributed by atoms with Gasteiger partial charge in [0.05, 0.1) is 9.78 Å². The summed E-state index contributed by atoms with van der Waals surface area (Å²) in [5.41, 5.74) is 3.06. The van der Waals surface area contributed by atoms with E-state index in [-0.39, 0.29) is 5.82 Å². The lowest BCUT2D eigenvalue weighted by Gasteiger charge is -2.27. The standard InChI is InChI=1S/C28H22FIN2O3/c29-24-14-11-20(12-15-24)19-35-26-16-13-21(17-25(26)30)18-31-32-27(33)28(34,22-7-3-1-4-8-22)23-9-5-2-6-10-23/h1-18,34H,19H2,(H,32,33)/b31-18+. The molecule has 0 bridgehead atoms. The summed E-state index contributed by atoms with van der Waals surface area (Å²) < 4.78 is 19.7. The smallest absolute Gasteiger partial charge is 0.281 e. The van der Waals surface area contributed by atoms with Crippen molar-refractivity contribution in [1.29, 1.82) is 0 Å². The Morgan fingerprint density at radius 1 is 0.943 bits per heavy atom. The highest BCUT2D eigenvalue weighted by Gasteiger charge is 2.39. The number of benzene rings is 4. The summed E-state index contributed by atoms with van der Waals surface area (Å²) in [7, 11) is 0. The van der Waals surface area contributed by atoms with Gasteiger partial charge in [-0.3, -0.25) is 4.79 Å². The molecule has 0 aliphatic carbocycles. The SMILES string of the molecule is O=C(N/N=C/c1ccc(OCc2ccc(F)cc2)c(I)c1)C(O)(c1ccccc1)c1ccccc1. The predicted molar refractivity (Wildman–Crippen MR) is 142 cm³/mol. The number of rotatable bonds is 8. The average Bonchev–Trinajstić information content (AvgIpc) is 2.89. The van der Waals surface area contributed by atoms with Crippen LogP contribution in [-0.4, -0.2) is 17.2 Å². The minimum atomic E-state index is -1.90. The zero-order chi connectivity index (χ0) is 24.7. The predicted octanol–water partition coefficient (Wildman–Crippen LogP) is 5.40. The van der Waals surface area contributed by atoms with Crippen molar-refractivity contribution in [2.75, 3.05) is 0 Å². The van der Waals surface area contributed by atoms with Crippen molar-refractivity contribution in [1.82, 2.24) is 5.43 Å². The first-order valence-electron chi connectivity index (χ1n) is 10.8. The Morgan fingerprint density at radius 3 is 2.11 bits per heavy atom.